The Labute approximate surface area is 113 Å². The quantitative estimate of drug-likeness (QED) is 0.838. The van der Waals surface area contributed by atoms with Gasteiger partial charge in [0, 0.05) is 4.47 Å². The van der Waals surface area contributed by atoms with E-state index in [9.17, 15) is 9.18 Å². The first-order valence-electron chi connectivity index (χ1n) is 5.01. The minimum atomic E-state index is -0.588. The Bertz CT molecular complexity index is 453. The summed E-state index contributed by atoms with van der Waals surface area (Å²) >= 11 is 7.92. The van der Waals surface area contributed by atoms with E-state index in [1.165, 1.54) is 12.1 Å². The Morgan fingerprint density at radius 1 is 1.65 bits per heavy atom. The van der Waals surface area contributed by atoms with Gasteiger partial charge in [0.1, 0.15) is 5.82 Å². The van der Waals surface area contributed by atoms with Crippen LogP contribution < -0.4 is 11.1 Å². The number of nitrogens with two attached hydrogens (primary N) is 1. The van der Waals surface area contributed by atoms with Gasteiger partial charge in [-0.1, -0.05) is 35.1 Å². The zero-order chi connectivity index (χ0) is 13.0. The Kier molecular flexibility index (Phi) is 5.02. The number of carbonyl (C=O) groups is 1. The summed E-state index contributed by atoms with van der Waals surface area (Å²) in [6.07, 6.45) is 0.569. The molecule has 3 N–H and O–H groups in total. The van der Waals surface area contributed by atoms with Crippen LogP contribution in [0.5, 0.6) is 0 Å². The van der Waals surface area contributed by atoms with E-state index in [0.717, 1.165) is 0 Å². The lowest BCUT2D eigenvalue weighted by atomic mass is 10.1. The van der Waals surface area contributed by atoms with Crippen LogP contribution in [-0.4, -0.2) is 16.9 Å². The van der Waals surface area contributed by atoms with Gasteiger partial charge in [-0.2, -0.15) is 0 Å². The predicted octanol–water partition coefficient (Wildman–Crippen LogP) is 2.38. The molecule has 0 saturated heterocycles. The number of rotatable bonds is 4. The highest BCUT2D eigenvalue weighted by Crippen LogP contribution is 2.15. The largest absolute Gasteiger partial charge is 0.392 e. The summed E-state index contributed by atoms with van der Waals surface area (Å²) in [6, 6.07) is 3.82. The molecule has 1 amide bonds. The second-order valence-electron chi connectivity index (χ2n) is 3.46. The van der Waals surface area contributed by atoms with E-state index in [2.05, 4.69) is 21.2 Å². The van der Waals surface area contributed by atoms with E-state index >= 15 is 0 Å². The molecule has 0 bridgehead atoms. The molecule has 1 aromatic carbocycles. The summed E-state index contributed by atoms with van der Waals surface area (Å²) in [5, 5.41) is 2.58. The topological polar surface area (TPSA) is 55.1 Å². The van der Waals surface area contributed by atoms with Crippen molar-refractivity contribution in [3.05, 3.63) is 34.1 Å². The lowest BCUT2D eigenvalue weighted by Gasteiger charge is -2.15. The molecule has 92 valence electrons. The fraction of sp³-hybridized carbons (Fsp3) is 0.273. The molecule has 0 aromatic heterocycles. The van der Waals surface area contributed by atoms with Gasteiger partial charge in [0.05, 0.1) is 16.6 Å². The minimum Gasteiger partial charge on any atom is -0.392 e. The maximum absolute atomic E-state index is 13.5. The van der Waals surface area contributed by atoms with E-state index in [-0.39, 0.29) is 10.6 Å². The third-order valence-electron chi connectivity index (χ3n) is 2.23. The number of benzene rings is 1. The molecule has 6 heteroatoms. The summed E-state index contributed by atoms with van der Waals surface area (Å²) in [4.78, 5) is 12.0. The van der Waals surface area contributed by atoms with Crippen LogP contribution in [0.15, 0.2) is 22.7 Å². The van der Waals surface area contributed by atoms with Crippen LogP contribution in [0.3, 0.4) is 0 Å². The number of halogens is 2. The number of hydrogen-bond acceptors (Lipinski definition) is 2. The molecule has 0 aliphatic rings. The van der Waals surface area contributed by atoms with Crippen molar-refractivity contribution in [1.82, 2.24) is 5.32 Å². The minimum absolute atomic E-state index is 0.0251. The summed E-state index contributed by atoms with van der Waals surface area (Å²) < 4.78 is 14.1. The molecule has 1 rings (SSSR count). The van der Waals surface area contributed by atoms with Crippen LogP contribution in [0, 0.1) is 5.82 Å². The SMILES string of the molecule is CCC(NC(=O)c1ccc(Br)cc1F)C(N)=S. The second-order valence-corrected chi connectivity index (χ2v) is 4.85. The average molecular weight is 319 g/mol. The lowest BCUT2D eigenvalue weighted by molar-refractivity contribution is 0.0942. The zero-order valence-electron chi connectivity index (χ0n) is 9.17. The van der Waals surface area contributed by atoms with Gasteiger partial charge in [-0.3, -0.25) is 4.79 Å². The highest BCUT2D eigenvalue weighted by molar-refractivity contribution is 9.10. The average Bonchev–Trinajstić information content (AvgIpc) is 2.24. The van der Waals surface area contributed by atoms with Crippen molar-refractivity contribution < 1.29 is 9.18 Å². The molecule has 1 atom stereocenters. The zero-order valence-corrected chi connectivity index (χ0v) is 11.6. The summed E-state index contributed by atoms with van der Waals surface area (Å²) in [5.74, 6) is -1.11. The molecule has 0 saturated carbocycles. The second kappa shape index (κ2) is 6.07. The first kappa shape index (κ1) is 14.1. The summed E-state index contributed by atoms with van der Waals surface area (Å²) in [5.41, 5.74) is 5.43. The Hall–Kier alpha value is -1.01. The van der Waals surface area contributed by atoms with Gasteiger partial charge in [-0.05, 0) is 24.6 Å². The van der Waals surface area contributed by atoms with Crippen molar-refractivity contribution in [1.29, 1.82) is 0 Å². The fourth-order valence-corrected chi connectivity index (χ4v) is 1.84. The van der Waals surface area contributed by atoms with Crippen LogP contribution in [0.2, 0.25) is 0 Å². The van der Waals surface area contributed by atoms with E-state index in [1.807, 2.05) is 6.92 Å². The van der Waals surface area contributed by atoms with Crippen LogP contribution in [0.4, 0.5) is 4.39 Å². The Morgan fingerprint density at radius 2 is 2.29 bits per heavy atom. The van der Waals surface area contributed by atoms with Crippen LogP contribution >= 0.6 is 28.1 Å². The maximum Gasteiger partial charge on any atom is 0.254 e. The van der Waals surface area contributed by atoms with E-state index in [4.69, 9.17) is 18.0 Å². The van der Waals surface area contributed by atoms with Gasteiger partial charge >= 0.3 is 0 Å². The van der Waals surface area contributed by atoms with Crippen molar-refractivity contribution in [3.8, 4) is 0 Å². The fourth-order valence-electron chi connectivity index (χ4n) is 1.28. The third kappa shape index (κ3) is 3.74. The Morgan fingerprint density at radius 3 is 2.76 bits per heavy atom. The highest BCUT2D eigenvalue weighted by Gasteiger charge is 2.17. The van der Waals surface area contributed by atoms with Gasteiger partial charge < -0.3 is 11.1 Å². The predicted molar refractivity (Wildman–Crippen MR) is 72.4 cm³/mol. The standard InChI is InChI=1S/C11H12BrFN2OS/c1-2-9(10(14)17)15-11(16)7-4-3-6(12)5-8(7)13/h3-5,9H,2H2,1H3,(H2,14,17)(H,15,16). The molecule has 17 heavy (non-hydrogen) atoms. The molecule has 0 aliphatic heterocycles. The van der Waals surface area contributed by atoms with Gasteiger partial charge in [0.25, 0.3) is 5.91 Å². The van der Waals surface area contributed by atoms with E-state index < -0.39 is 17.8 Å². The van der Waals surface area contributed by atoms with E-state index in [1.54, 1.807) is 6.07 Å². The van der Waals surface area contributed by atoms with Crippen molar-refractivity contribution in [2.45, 2.75) is 19.4 Å². The van der Waals surface area contributed by atoms with Crippen molar-refractivity contribution >= 4 is 39.0 Å². The third-order valence-corrected chi connectivity index (χ3v) is 3.01. The van der Waals surface area contributed by atoms with Crippen molar-refractivity contribution in [3.63, 3.8) is 0 Å². The Balaban J connectivity index is 2.86. The molecular formula is C11H12BrFN2OS. The van der Waals surface area contributed by atoms with Gasteiger partial charge in [0.2, 0.25) is 0 Å². The van der Waals surface area contributed by atoms with Crippen LogP contribution in [0.25, 0.3) is 0 Å². The van der Waals surface area contributed by atoms with E-state index in [0.29, 0.717) is 10.9 Å². The molecule has 1 aromatic rings. The van der Waals surface area contributed by atoms with Gasteiger partial charge in [-0.25, -0.2) is 4.39 Å². The van der Waals surface area contributed by atoms with Gasteiger partial charge in [-0.15, -0.1) is 0 Å². The first-order chi connectivity index (χ1) is 7.95. The highest BCUT2D eigenvalue weighted by atomic mass is 79.9. The maximum atomic E-state index is 13.5. The summed E-state index contributed by atoms with van der Waals surface area (Å²) in [7, 11) is 0. The normalized spacial score (nSPS) is 11.9. The van der Waals surface area contributed by atoms with Crippen LogP contribution in [0.1, 0.15) is 23.7 Å². The summed E-state index contributed by atoms with van der Waals surface area (Å²) in [6.45, 7) is 1.84. The molecule has 3 nitrogen and oxygen atoms in total. The number of carbonyl (C=O) groups excluding carboxylic acids is 1. The molecule has 0 aliphatic carbocycles. The molecular weight excluding hydrogens is 307 g/mol. The molecule has 0 spiro atoms. The van der Waals surface area contributed by atoms with Crippen molar-refractivity contribution in [2.75, 3.05) is 0 Å². The number of nitrogens with one attached hydrogen (secondary N) is 1. The van der Waals surface area contributed by atoms with Crippen molar-refractivity contribution in [2.24, 2.45) is 5.73 Å². The molecule has 0 fully saturated rings. The van der Waals surface area contributed by atoms with Gasteiger partial charge in [0.15, 0.2) is 0 Å². The first-order valence-corrected chi connectivity index (χ1v) is 6.21. The lowest BCUT2D eigenvalue weighted by Crippen LogP contribution is -2.43. The number of hydrogen-bond donors (Lipinski definition) is 2. The number of thiocarbonyl (C=S) groups is 1. The monoisotopic (exact) mass is 318 g/mol. The molecule has 0 heterocycles. The molecule has 0 radical (unpaired) electrons. The smallest absolute Gasteiger partial charge is 0.254 e. The number of amides is 1. The van der Waals surface area contributed by atoms with Crippen LogP contribution in [-0.2, 0) is 0 Å². The molecule has 1 unspecified atom stereocenters.